The Balaban J connectivity index is 1.86. The summed E-state index contributed by atoms with van der Waals surface area (Å²) in [6.07, 6.45) is 0. The number of thioether (sulfide) groups is 1. The number of nitrogens with zero attached hydrogens (tertiary/aromatic N) is 1. The fraction of sp³-hybridized carbons (Fsp3) is 0.320. The maximum Gasteiger partial charge on any atom is 0.338 e. The van der Waals surface area contributed by atoms with Crippen LogP contribution in [-0.2, 0) is 14.3 Å². The van der Waals surface area contributed by atoms with E-state index in [1.807, 2.05) is 6.92 Å². The molecule has 0 spiro atoms. The molecule has 8 nitrogen and oxygen atoms in total. The molecule has 35 heavy (non-hydrogen) atoms. The molecule has 0 aliphatic carbocycles. The molecule has 1 aliphatic rings. The van der Waals surface area contributed by atoms with Crippen LogP contribution < -0.4 is 20.1 Å². The summed E-state index contributed by atoms with van der Waals surface area (Å²) in [5.41, 5.74) is 3.09. The number of hydrogen-bond donors (Lipinski definition) is 2. The number of carbonyl (C=O) groups is 2. The van der Waals surface area contributed by atoms with E-state index in [1.165, 1.54) is 11.8 Å². The molecule has 1 atom stereocenters. The van der Waals surface area contributed by atoms with E-state index >= 15 is 0 Å². The number of allylic oxidation sites excluding steroid dienone is 1. The molecule has 0 bridgehead atoms. The van der Waals surface area contributed by atoms with Crippen LogP contribution in [0.2, 0.25) is 5.02 Å². The molecule has 1 amide bonds. The van der Waals surface area contributed by atoms with Crippen molar-refractivity contribution < 1.29 is 23.8 Å². The lowest BCUT2D eigenvalue weighted by molar-refractivity contribution is -0.139. The number of methoxy groups -OCH3 is 2. The summed E-state index contributed by atoms with van der Waals surface area (Å²) in [5.74, 6) is 0.563. The van der Waals surface area contributed by atoms with Crippen LogP contribution in [0.5, 0.6) is 11.5 Å². The zero-order chi connectivity index (χ0) is 25.5. The number of aliphatic imine (C=N–C) groups is 1. The molecule has 10 heteroatoms. The van der Waals surface area contributed by atoms with Crippen LogP contribution in [0.3, 0.4) is 0 Å². The van der Waals surface area contributed by atoms with Crippen LogP contribution >= 0.6 is 23.4 Å². The molecule has 1 aliphatic heterocycles. The van der Waals surface area contributed by atoms with E-state index < -0.39 is 12.0 Å². The van der Waals surface area contributed by atoms with Crippen molar-refractivity contribution >= 4 is 46.1 Å². The number of benzene rings is 2. The minimum Gasteiger partial charge on any atom is -0.497 e. The number of amides is 1. The van der Waals surface area contributed by atoms with Gasteiger partial charge in [0, 0.05) is 28.0 Å². The van der Waals surface area contributed by atoms with Crippen LogP contribution in [0.4, 0.5) is 5.69 Å². The van der Waals surface area contributed by atoms with Gasteiger partial charge >= 0.3 is 5.97 Å². The van der Waals surface area contributed by atoms with Crippen LogP contribution in [-0.4, -0.2) is 43.6 Å². The second-order valence-corrected chi connectivity index (χ2v) is 8.95. The Kier molecular flexibility index (Phi) is 9.06. The van der Waals surface area contributed by atoms with Gasteiger partial charge in [-0.1, -0.05) is 29.4 Å². The summed E-state index contributed by atoms with van der Waals surface area (Å²) in [6, 6.07) is 9.98. The highest BCUT2D eigenvalue weighted by atomic mass is 35.5. The Bertz CT molecular complexity index is 1180. The second-order valence-electron chi connectivity index (χ2n) is 7.58. The Morgan fingerprint density at radius 3 is 2.63 bits per heavy atom. The van der Waals surface area contributed by atoms with Gasteiger partial charge in [-0.2, -0.15) is 0 Å². The number of nitrogens with one attached hydrogen (secondary N) is 2. The van der Waals surface area contributed by atoms with E-state index in [9.17, 15) is 9.59 Å². The van der Waals surface area contributed by atoms with Gasteiger partial charge in [0.1, 0.15) is 17.5 Å². The fourth-order valence-corrected chi connectivity index (χ4v) is 4.45. The highest BCUT2D eigenvalue weighted by molar-refractivity contribution is 8.14. The van der Waals surface area contributed by atoms with Crippen LogP contribution in [0.15, 0.2) is 52.7 Å². The van der Waals surface area contributed by atoms with E-state index in [-0.39, 0.29) is 18.3 Å². The Morgan fingerprint density at radius 1 is 1.17 bits per heavy atom. The number of anilines is 1. The first-order valence-corrected chi connectivity index (χ1v) is 12.3. The second kappa shape index (κ2) is 12.0. The van der Waals surface area contributed by atoms with Gasteiger partial charge in [-0.25, -0.2) is 9.79 Å². The molecule has 0 aromatic heterocycles. The van der Waals surface area contributed by atoms with Gasteiger partial charge in [-0.3, -0.25) is 4.79 Å². The molecular weight excluding hydrogens is 490 g/mol. The topological polar surface area (TPSA) is 98.2 Å². The Hall–Kier alpha value is -3.17. The lowest BCUT2D eigenvalue weighted by Gasteiger charge is -2.26. The third kappa shape index (κ3) is 6.29. The molecule has 0 fully saturated rings. The van der Waals surface area contributed by atoms with E-state index in [0.29, 0.717) is 44.2 Å². The molecule has 0 unspecified atom stereocenters. The van der Waals surface area contributed by atoms with Gasteiger partial charge < -0.3 is 24.8 Å². The Labute approximate surface area is 214 Å². The predicted molar refractivity (Wildman–Crippen MR) is 139 cm³/mol. The van der Waals surface area contributed by atoms with Gasteiger partial charge in [-0.15, -0.1) is 0 Å². The minimum atomic E-state index is -0.683. The number of hydrogen-bond acceptors (Lipinski definition) is 8. The number of halogens is 1. The van der Waals surface area contributed by atoms with E-state index in [2.05, 4.69) is 10.6 Å². The van der Waals surface area contributed by atoms with Crippen LogP contribution in [0.25, 0.3) is 0 Å². The third-order valence-corrected chi connectivity index (χ3v) is 6.63. The van der Waals surface area contributed by atoms with Gasteiger partial charge in [-0.05, 0) is 50.6 Å². The summed E-state index contributed by atoms with van der Waals surface area (Å²) >= 11 is 7.37. The molecule has 3 rings (SSSR count). The molecule has 2 aromatic rings. The highest BCUT2D eigenvalue weighted by Gasteiger charge is 2.32. The summed E-state index contributed by atoms with van der Waals surface area (Å²) in [6.45, 7) is 5.60. The standard InChI is InChI=1S/C25H28ClN3O5S/c1-6-34-24(31)22-15(3)27-25(29-23(22)17-11-10-16(32-4)12-20(17)33-5)35-13-21(30)28-19-9-7-8-18(26)14(19)2/h7-12,23H,6,13H2,1-5H3,(H,27,29)(H,28,30)/t23-/m0/s1. The molecule has 0 radical (unpaired) electrons. The van der Waals surface area contributed by atoms with Gasteiger partial charge in [0.15, 0.2) is 5.17 Å². The smallest absolute Gasteiger partial charge is 0.338 e. The van der Waals surface area contributed by atoms with Crippen molar-refractivity contribution in [3.05, 3.63) is 63.8 Å². The summed E-state index contributed by atoms with van der Waals surface area (Å²) in [5, 5.41) is 7.08. The van der Waals surface area contributed by atoms with Crippen molar-refractivity contribution in [3.8, 4) is 11.5 Å². The van der Waals surface area contributed by atoms with Crippen LogP contribution in [0, 0.1) is 6.92 Å². The molecule has 1 heterocycles. The number of rotatable bonds is 8. The van der Waals surface area contributed by atoms with Crippen LogP contribution in [0.1, 0.15) is 31.0 Å². The summed E-state index contributed by atoms with van der Waals surface area (Å²) in [7, 11) is 3.11. The lowest BCUT2D eigenvalue weighted by Crippen LogP contribution is -2.31. The van der Waals surface area contributed by atoms with Gasteiger partial charge in [0.2, 0.25) is 5.91 Å². The SMILES string of the molecule is CCOC(=O)C1=C(C)NC(SCC(=O)Nc2cccc(Cl)c2C)=N[C@H]1c1ccc(OC)cc1OC. The van der Waals surface area contributed by atoms with Crippen molar-refractivity contribution in [1.29, 1.82) is 0 Å². The Morgan fingerprint density at radius 2 is 1.94 bits per heavy atom. The number of carbonyl (C=O) groups excluding carboxylic acids is 2. The van der Waals surface area contributed by atoms with Gasteiger partial charge in [0.25, 0.3) is 0 Å². The maximum atomic E-state index is 12.8. The quantitative estimate of drug-likeness (QED) is 0.482. The third-order valence-electron chi connectivity index (χ3n) is 5.33. The zero-order valence-electron chi connectivity index (χ0n) is 20.2. The normalized spacial score (nSPS) is 15.1. The predicted octanol–water partition coefficient (Wildman–Crippen LogP) is 4.87. The average Bonchev–Trinajstić information content (AvgIpc) is 2.84. The molecule has 0 saturated heterocycles. The molecule has 2 N–H and O–H groups in total. The highest BCUT2D eigenvalue weighted by Crippen LogP contribution is 2.39. The summed E-state index contributed by atoms with van der Waals surface area (Å²) < 4.78 is 16.1. The zero-order valence-corrected chi connectivity index (χ0v) is 21.8. The number of amidine groups is 1. The van der Waals surface area contributed by atoms with Crippen molar-refractivity contribution in [2.75, 3.05) is 31.9 Å². The maximum absolute atomic E-state index is 12.8. The van der Waals surface area contributed by atoms with E-state index in [4.69, 9.17) is 30.8 Å². The first-order chi connectivity index (χ1) is 16.8. The van der Waals surface area contributed by atoms with Crippen molar-refractivity contribution in [3.63, 3.8) is 0 Å². The molecule has 186 valence electrons. The van der Waals surface area contributed by atoms with E-state index in [0.717, 1.165) is 5.56 Å². The van der Waals surface area contributed by atoms with E-state index in [1.54, 1.807) is 64.5 Å². The number of ether oxygens (including phenoxy) is 3. The average molecular weight is 518 g/mol. The fourth-order valence-electron chi connectivity index (χ4n) is 3.53. The summed E-state index contributed by atoms with van der Waals surface area (Å²) in [4.78, 5) is 30.2. The van der Waals surface area contributed by atoms with Crippen molar-refractivity contribution in [1.82, 2.24) is 5.32 Å². The molecule has 2 aromatic carbocycles. The van der Waals surface area contributed by atoms with Crippen molar-refractivity contribution in [2.24, 2.45) is 4.99 Å². The minimum absolute atomic E-state index is 0.103. The lowest BCUT2D eigenvalue weighted by atomic mass is 9.95. The monoisotopic (exact) mass is 517 g/mol. The largest absolute Gasteiger partial charge is 0.497 e. The first kappa shape index (κ1) is 26.4. The first-order valence-electron chi connectivity index (χ1n) is 10.9. The molecule has 0 saturated carbocycles. The van der Waals surface area contributed by atoms with Gasteiger partial charge in [0.05, 0.1) is 32.2 Å². The number of esters is 1. The molecular formula is C25H28ClN3O5S. The van der Waals surface area contributed by atoms with Crippen molar-refractivity contribution in [2.45, 2.75) is 26.8 Å².